The highest BCUT2D eigenvalue weighted by Gasteiger charge is 2.35. The number of hydroxylamine groups is 2. The standard InChI is InChI=1S/C10H8Cl2N2O.C7H7Cl2NO/c11-9-2-1-7(3-10(9)12)6-15-14-5-8(14)4-13;8-6-2-1-5(4-11-10)3-7(6)9/h1-3,8H,5-6H2;1-3H,4,10H2. The van der Waals surface area contributed by atoms with E-state index in [9.17, 15) is 0 Å². The fourth-order valence-electron chi connectivity index (χ4n) is 1.88. The second kappa shape index (κ2) is 10.3. The van der Waals surface area contributed by atoms with Crippen LogP contribution in [-0.2, 0) is 22.9 Å². The molecule has 0 aromatic heterocycles. The van der Waals surface area contributed by atoms with Crippen LogP contribution in [0.15, 0.2) is 36.4 Å². The molecule has 2 aromatic rings. The molecule has 1 saturated heterocycles. The smallest absolute Gasteiger partial charge is 0.137 e. The molecule has 0 bridgehead atoms. The minimum Gasteiger partial charge on any atom is -0.300 e. The fourth-order valence-corrected chi connectivity index (χ4v) is 2.53. The third-order valence-electron chi connectivity index (χ3n) is 3.33. The maximum atomic E-state index is 8.54. The van der Waals surface area contributed by atoms with Crippen LogP contribution in [-0.4, -0.2) is 17.6 Å². The summed E-state index contributed by atoms with van der Waals surface area (Å²) in [6, 6.07) is 12.6. The fraction of sp³-hybridized carbons (Fsp3) is 0.235. The molecule has 138 valence electrons. The lowest BCUT2D eigenvalue weighted by molar-refractivity contribution is -0.0826. The van der Waals surface area contributed by atoms with Crippen LogP contribution in [0.5, 0.6) is 0 Å². The molecule has 26 heavy (non-hydrogen) atoms. The van der Waals surface area contributed by atoms with E-state index in [1.165, 1.54) is 0 Å². The molecule has 3 rings (SSSR count). The molecule has 5 nitrogen and oxygen atoms in total. The highest BCUT2D eigenvalue weighted by molar-refractivity contribution is 6.42. The van der Waals surface area contributed by atoms with Gasteiger partial charge in [0.25, 0.3) is 0 Å². The summed E-state index contributed by atoms with van der Waals surface area (Å²) < 4.78 is 0. The van der Waals surface area contributed by atoms with Gasteiger partial charge in [-0.25, -0.2) is 5.90 Å². The van der Waals surface area contributed by atoms with Gasteiger partial charge >= 0.3 is 0 Å². The van der Waals surface area contributed by atoms with Gasteiger partial charge in [-0.15, -0.1) is 0 Å². The number of nitriles is 1. The predicted molar refractivity (Wildman–Crippen MR) is 103 cm³/mol. The minimum absolute atomic E-state index is 0.0900. The van der Waals surface area contributed by atoms with Crippen LogP contribution in [0, 0.1) is 11.3 Å². The van der Waals surface area contributed by atoms with E-state index in [1.807, 2.05) is 6.07 Å². The van der Waals surface area contributed by atoms with E-state index >= 15 is 0 Å². The number of benzene rings is 2. The lowest BCUT2D eigenvalue weighted by Gasteiger charge is -2.04. The van der Waals surface area contributed by atoms with E-state index in [2.05, 4.69) is 10.9 Å². The van der Waals surface area contributed by atoms with E-state index in [4.69, 9.17) is 62.4 Å². The van der Waals surface area contributed by atoms with Gasteiger partial charge in [0.15, 0.2) is 0 Å². The van der Waals surface area contributed by atoms with Crippen LogP contribution < -0.4 is 5.90 Å². The molecule has 0 spiro atoms. The minimum atomic E-state index is -0.0900. The summed E-state index contributed by atoms with van der Waals surface area (Å²) in [4.78, 5) is 9.77. The van der Waals surface area contributed by atoms with Crippen molar-refractivity contribution in [3.8, 4) is 6.07 Å². The predicted octanol–water partition coefficient (Wildman–Crippen LogP) is 5.02. The highest BCUT2D eigenvalue weighted by Crippen LogP contribution is 2.24. The van der Waals surface area contributed by atoms with Crippen LogP contribution in [0.3, 0.4) is 0 Å². The van der Waals surface area contributed by atoms with Gasteiger partial charge in [0.05, 0.1) is 45.9 Å². The van der Waals surface area contributed by atoms with Gasteiger partial charge in [0.1, 0.15) is 6.04 Å². The van der Waals surface area contributed by atoms with E-state index in [-0.39, 0.29) is 6.04 Å². The van der Waals surface area contributed by atoms with E-state index in [0.29, 0.717) is 39.8 Å². The van der Waals surface area contributed by atoms with Crippen molar-refractivity contribution in [2.24, 2.45) is 5.90 Å². The van der Waals surface area contributed by atoms with Crippen molar-refractivity contribution >= 4 is 46.4 Å². The largest absolute Gasteiger partial charge is 0.300 e. The number of hydrogen-bond donors (Lipinski definition) is 1. The Balaban J connectivity index is 0.000000197. The van der Waals surface area contributed by atoms with Gasteiger partial charge in [-0.3, -0.25) is 9.68 Å². The number of rotatable bonds is 5. The summed E-state index contributed by atoms with van der Waals surface area (Å²) in [7, 11) is 0. The molecular weight excluding hydrogens is 420 g/mol. The molecule has 0 saturated carbocycles. The Labute approximate surface area is 171 Å². The van der Waals surface area contributed by atoms with Crippen molar-refractivity contribution in [3.63, 3.8) is 0 Å². The Hall–Kier alpha value is -1.07. The van der Waals surface area contributed by atoms with Crippen LogP contribution in [0.25, 0.3) is 0 Å². The normalized spacial score (nSPS) is 17.8. The average Bonchev–Trinajstić information content (AvgIpc) is 3.39. The van der Waals surface area contributed by atoms with Crippen molar-refractivity contribution in [3.05, 3.63) is 67.6 Å². The van der Waals surface area contributed by atoms with Crippen molar-refractivity contribution in [2.45, 2.75) is 19.3 Å². The first kappa shape index (κ1) is 21.2. The second-order valence-corrected chi connectivity index (χ2v) is 6.95. The van der Waals surface area contributed by atoms with E-state index in [1.54, 1.807) is 35.4 Å². The van der Waals surface area contributed by atoms with Crippen molar-refractivity contribution < 1.29 is 9.68 Å². The van der Waals surface area contributed by atoms with Gasteiger partial charge in [0.2, 0.25) is 0 Å². The Bertz CT molecular complexity index is 798. The molecule has 1 aliphatic heterocycles. The monoisotopic (exact) mass is 433 g/mol. The summed E-state index contributed by atoms with van der Waals surface area (Å²) in [5.41, 5.74) is 1.84. The van der Waals surface area contributed by atoms with Crippen LogP contribution in [0.1, 0.15) is 11.1 Å². The summed E-state index contributed by atoms with van der Waals surface area (Å²) in [6.07, 6.45) is 0. The zero-order valence-electron chi connectivity index (χ0n) is 13.5. The van der Waals surface area contributed by atoms with Gasteiger partial charge in [-0.1, -0.05) is 58.5 Å². The maximum Gasteiger partial charge on any atom is 0.137 e. The molecule has 2 atom stereocenters. The maximum absolute atomic E-state index is 8.54. The van der Waals surface area contributed by atoms with Crippen molar-refractivity contribution in [1.29, 1.82) is 5.26 Å². The number of nitrogens with two attached hydrogens (primary N) is 1. The van der Waals surface area contributed by atoms with E-state index < -0.39 is 0 Å². The third-order valence-corrected chi connectivity index (χ3v) is 4.81. The zero-order valence-corrected chi connectivity index (χ0v) is 16.5. The second-order valence-electron chi connectivity index (χ2n) is 5.33. The van der Waals surface area contributed by atoms with E-state index in [0.717, 1.165) is 11.1 Å². The molecule has 0 aliphatic carbocycles. The highest BCUT2D eigenvalue weighted by atomic mass is 35.5. The van der Waals surface area contributed by atoms with Gasteiger partial charge in [-0.05, 0) is 35.4 Å². The molecule has 2 unspecified atom stereocenters. The number of nitrogens with zero attached hydrogens (tertiary/aromatic N) is 2. The SMILES string of the molecule is N#CC1CN1OCc1ccc(Cl)c(Cl)c1.NOCc1ccc(Cl)c(Cl)c1. The van der Waals surface area contributed by atoms with Crippen LogP contribution in [0.2, 0.25) is 20.1 Å². The Morgan fingerprint density at radius 3 is 1.92 bits per heavy atom. The van der Waals surface area contributed by atoms with Crippen LogP contribution >= 0.6 is 46.4 Å². The summed E-state index contributed by atoms with van der Waals surface area (Å²) >= 11 is 23.0. The summed E-state index contributed by atoms with van der Waals surface area (Å²) in [6.45, 7) is 1.43. The summed E-state index contributed by atoms with van der Waals surface area (Å²) in [5, 5.41) is 12.3. The Morgan fingerprint density at radius 1 is 0.962 bits per heavy atom. The van der Waals surface area contributed by atoms with Crippen molar-refractivity contribution in [2.75, 3.05) is 6.54 Å². The van der Waals surface area contributed by atoms with Gasteiger partial charge in [0, 0.05) is 0 Å². The molecule has 0 amide bonds. The molecule has 2 aromatic carbocycles. The lowest BCUT2D eigenvalue weighted by atomic mass is 10.2. The molecular formula is C17H15Cl4N3O2. The zero-order chi connectivity index (χ0) is 19.1. The third kappa shape index (κ3) is 6.58. The lowest BCUT2D eigenvalue weighted by Crippen LogP contribution is -2.02. The number of halogens is 4. The molecule has 1 heterocycles. The number of hydrogen-bond acceptors (Lipinski definition) is 5. The average molecular weight is 435 g/mol. The molecule has 2 N–H and O–H groups in total. The van der Waals surface area contributed by atoms with Gasteiger partial charge < -0.3 is 0 Å². The first-order valence-electron chi connectivity index (χ1n) is 7.43. The topological polar surface area (TPSA) is 71.3 Å². The van der Waals surface area contributed by atoms with Crippen molar-refractivity contribution in [1.82, 2.24) is 5.06 Å². The first-order chi connectivity index (χ1) is 12.4. The molecule has 1 aliphatic rings. The molecule has 9 heteroatoms. The molecule has 1 fully saturated rings. The quantitative estimate of drug-likeness (QED) is 0.528. The Morgan fingerprint density at radius 2 is 1.50 bits per heavy atom. The van der Waals surface area contributed by atoms with Crippen LogP contribution in [0.4, 0.5) is 0 Å². The Kier molecular flexibility index (Phi) is 8.42. The molecule has 0 radical (unpaired) electrons. The summed E-state index contributed by atoms with van der Waals surface area (Å²) in [5.74, 6) is 4.87. The first-order valence-corrected chi connectivity index (χ1v) is 8.94. The van der Waals surface area contributed by atoms with Gasteiger partial charge in [-0.2, -0.15) is 10.3 Å².